The van der Waals surface area contributed by atoms with E-state index in [2.05, 4.69) is 0 Å². The summed E-state index contributed by atoms with van der Waals surface area (Å²) in [7, 11) is 1.27. The molecule has 0 amide bonds. The number of fused-ring (bicyclic) bond motifs is 1. The summed E-state index contributed by atoms with van der Waals surface area (Å²) in [6.07, 6.45) is 3.98. The number of rotatable bonds is 3. The molecule has 2 rings (SSSR count). The van der Waals surface area contributed by atoms with Crippen molar-refractivity contribution in [2.24, 2.45) is 23.7 Å². The van der Waals surface area contributed by atoms with Gasteiger partial charge in [-0.05, 0) is 30.8 Å². The Labute approximate surface area is 123 Å². The summed E-state index contributed by atoms with van der Waals surface area (Å²) >= 11 is 0. The third-order valence-corrected chi connectivity index (χ3v) is 4.52. The van der Waals surface area contributed by atoms with Crippen LogP contribution in [0.5, 0.6) is 0 Å². The smallest absolute Gasteiger partial charge is 0.334 e. The quantitative estimate of drug-likeness (QED) is 0.804. The van der Waals surface area contributed by atoms with Gasteiger partial charge in [-0.3, -0.25) is 4.79 Å². The van der Waals surface area contributed by atoms with Crippen LogP contribution in [-0.4, -0.2) is 29.9 Å². The van der Waals surface area contributed by atoms with E-state index in [-0.39, 0.29) is 29.5 Å². The summed E-state index contributed by atoms with van der Waals surface area (Å²) in [5, 5.41) is 9.33. The Morgan fingerprint density at radius 1 is 1.29 bits per heavy atom. The van der Waals surface area contributed by atoms with Crippen molar-refractivity contribution in [3.63, 3.8) is 0 Å². The maximum absolute atomic E-state index is 12.3. The summed E-state index contributed by atoms with van der Waals surface area (Å²) < 4.78 is 4.76. The Balaban J connectivity index is 2.44. The third kappa shape index (κ3) is 2.77. The molecule has 0 aliphatic heterocycles. The van der Waals surface area contributed by atoms with E-state index in [4.69, 9.17) is 4.74 Å². The zero-order valence-electron chi connectivity index (χ0n) is 12.5. The summed E-state index contributed by atoms with van der Waals surface area (Å²) in [6, 6.07) is 0. The average molecular weight is 292 g/mol. The van der Waals surface area contributed by atoms with Gasteiger partial charge in [-0.2, -0.15) is 0 Å². The molecule has 0 aromatic heterocycles. The van der Waals surface area contributed by atoms with Crippen LogP contribution in [-0.2, 0) is 19.1 Å². The minimum absolute atomic E-state index is 0.0991. The van der Waals surface area contributed by atoms with Gasteiger partial charge in [0.25, 0.3) is 0 Å². The number of ether oxygens (including phenoxy) is 1. The summed E-state index contributed by atoms with van der Waals surface area (Å²) in [5.74, 6) is -2.35. The highest BCUT2D eigenvalue weighted by Crippen LogP contribution is 2.44. The van der Waals surface area contributed by atoms with E-state index >= 15 is 0 Å². The van der Waals surface area contributed by atoms with Crippen molar-refractivity contribution in [3.05, 3.63) is 23.3 Å². The van der Waals surface area contributed by atoms with E-state index in [0.717, 1.165) is 0 Å². The Morgan fingerprint density at radius 3 is 2.48 bits per heavy atom. The number of methoxy groups -OCH3 is 1. The number of carbonyl (C=O) groups excluding carboxylic acids is 2. The molecular weight excluding hydrogens is 272 g/mol. The molecule has 0 fully saturated rings. The number of carbonyl (C=O) groups is 3. The molecule has 1 N–H and O–H groups in total. The second-order valence-corrected chi connectivity index (χ2v) is 5.99. The minimum Gasteiger partial charge on any atom is -0.478 e. The average Bonchev–Trinajstić information content (AvgIpc) is 2.78. The van der Waals surface area contributed by atoms with E-state index < -0.39 is 11.9 Å². The van der Waals surface area contributed by atoms with Crippen LogP contribution in [0, 0.1) is 23.7 Å². The Kier molecular flexibility index (Phi) is 4.30. The van der Waals surface area contributed by atoms with Gasteiger partial charge < -0.3 is 9.84 Å². The molecule has 5 heteroatoms. The molecule has 5 nitrogen and oxygen atoms in total. The highest BCUT2D eigenvalue weighted by molar-refractivity contribution is 6.02. The summed E-state index contributed by atoms with van der Waals surface area (Å²) in [5.41, 5.74) is 0.623. The molecule has 3 unspecified atom stereocenters. The number of hydrogen-bond donors (Lipinski definition) is 1. The van der Waals surface area contributed by atoms with Gasteiger partial charge in [0.2, 0.25) is 0 Å². The van der Waals surface area contributed by atoms with Gasteiger partial charge >= 0.3 is 11.9 Å². The van der Waals surface area contributed by atoms with Crippen LogP contribution in [0.3, 0.4) is 0 Å². The number of esters is 1. The first-order valence-corrected chi connectivity index (χ1v) is 7.13. The van der Waals surface area contributed by atoms with Gasteiger partial charge in [0.05, 0.1) is 7.11 Å². The predicted molar refractivity (Wildman–Crippen MR) is 75.4 cm³/mol. The first kappa shape index (κ1) is 15.5. The molecule has 2 aliphatic carbocycles. The monoisotopic (exact) mass is 292 g/mol. The van der Waals surface area contributed by atoms with E-state index in [0.29, 0.717) is 24.0 Å². The van der Waals surface area contributed by atoms with E-state index in [9.17, 15) is 19.5 Å². The lowest BCUT2D eigenvalue weighted by Crippen LogP contribution is -2.24. The number of carboxylic acid groups (broad SMARTS) is 1. The van der Waals surface area contributed by atoms with Crippen molar-refractivity contribution < 1.29 is 24.2 Å². The van der Waals surface area contributed by atoms with Crippen molar-refractivity contribution in [1.82, 2.24) is 0 Å². The van der Waals surface area contributed by atoms with E-state index in [1.54, 1.807) is 6.08 Å². The minimum atomic E-state index is -0.969. The van der Waals surface area contributed by atoms with E-state index in [1.807, 2.05) is 13.8 Å². The first-order chi connectivity index (χ1) is 9.86. The Morgan fingerprint density at radius 2 is 1.95 bits per heavy atom. The van der Waals surface area contributed by atoms with Gasteiger partial charge in [-0.25, -0.2) is 9.59 Å². The van der Waals surface area contributed by atoms with Crippen molar-refractivity contribution in [1.29, 1.82) is 0 Å². The number of allylic oxidation sites excluding steroid dienone is 2. The molecule has 2 aliphatic rings. The highest BCUT2D eigenvalue weighted by Gasteiger charge is 2.43. The lowest BCUT2D eigenvalue weighted by atomic mass is 9.79. The second-order valence-electron chi connectivity index (χ2n) is 5.99. The second kappa shape index (κ2) is 5.84. The van der Waals surface area contributed by atoms with Gasteiger partial charge in [-0.1, -0.05) is 19.9 Å². The summed E-state index contributed by atoms with van der Waals surface area (Å²) in [4.78, 5) is 35.7. The highest BCUT2D eigenvalue weighted by atomic mass is 16.5. The van der Waals surface area contributed by atoms with Crippen LogP contribution in [0.1, 0.15) is 26.7 Å². The predicted octanol–water partition coefficient (Wildman–Crippen LogP) is 1.98. The molecule has 0 heterocycles. The molecule has 21 heavy (non-hydrogen) atoms. The fraction of sp³-hybridized carbons (Fsp3) is 0.562. The Hall–Kier alpha value is -1.91. The van der Waals surface area contributed by atoms with Crippen LogP contribution in [0.4, 0.5) is 0 Å². The fourth-order valence-electron chi connectivity index (χ4n) is 3.35. The third-order valence-electron chi connectivity index (χ3n) is 4.52. The first-order valence-electron chi connectivity index (χ1n) is 7.13. The fourth-order valence-corrected chi connectivity index (χ4v) is 3.35. The van der Waals surface area contributed by atoms with Crippen LogP contribution in [0.2, 0.25) is 0 Å². The van der Waals surface area contributed by atoms with E-state index in [1.165, 1.54) is 13.2 Å². The normalized spacial score (nSPS) is 28.6. The Bertz CT molecular complexity index is 541. The zero-order chi connectivity index (χ0) is 15.7. The lowest BCUT2D eigenvalue weighted by molar-refractivity contribution is -0.137. The van der Waals surface area contributed by atoms with Gasteiger partial charge in [0.1, 0.15) is 0 Å². The molecule has 3 atom stereocenters. The number of aliphatic carboxylic acids is 1. The largest absolute Gasteiger partial charge is 0.478 e. The van der Waals surface area contributed by atoms with Crippen LogP contribution < -0.4 is 0 Å². The van der Waals surface area contributed by atoms with Crippen molar-refractivity contribution in [2.45, 2.75) is 26.7 Å². The SMILES string of the molecule is COC(=O)C1=CC(=O)C(C(C)C)CC2C(C(=O)O)=CCC12. The molecule has 0 saturated heterocycles. The van der Waals surface area contributed by atoms with Crippen LogP contribution >= 0.6 is 0 Å². The number of ketones is 1. The van der Waals surface area contributed by atoms with Gasteiger partial charge in [-0.15, -0.1) is 0 Å². The van der Waals surface area contributed by atoms with Gasteiger partial charge in [0.15, 0.2) is 5.78 Å². The molecule has 0 spiro atoms. The molecule has 0 radical (unpaired) electrons. The maximum atomic E-state index is 12.3. The lowest BCUT2D eigenvalue weighted by Gasteiger charge is -2.24. The summed E-state index contributed by atoms with van der Waals surface area (Å²) in [6.45, 7) is 3.88. The van der Waals surface area contributed by atoms with Crippen molar-refractivity contribution in [2.75, 3.05) is 7.11 Å². The molecule has 0 bridgehead atoms. The standard InChI is InChI=1S/C16H20O5/c1-8(2)11-6-12-9(4-5-10(12)15(18)19)13(7-14(11)17)16(20)21-3/h5,7-9,11-12H,4,6H2,1-3H3,(H,18,19). The van der Waals surface area contributed by atoms with Crippen LogP contribution in [0.25, 0.3) is 0 Å². The molecule has 0 aromatic rings. The zero-order valence-corrected chi connectivity index (χ0v) is 12.5. The molecule has 0 aromatic carbocycles. The topological polar surface area (TPSA) is 80.7 Å². The van der Waals surface area contributed by atoms with Gasteiger partial charge in [0, 0.05) is 23.0 Å². The van der Waals surface area contributed by atoms with Crippen LogP contribution in [0.15, 0.2) is 23.3 Å². The van der Waals surface area contributed by atoms with Crippen molar-refractivity contribution >= 4 is 17.7 Å². The molecule has 114 valence electrons. The maximum Gasteiger partial charge on any atom is 0.334 e. The van der Waals surface area contributed by atoms with Crippen molar-refractivity contribution in [3.8, 4) is 0 Å². The molecular formula is C16H20O5. The number of carboxylic acids is 1. The molecule has 0 saturated carbocycles. The number of hydrogen-bond acceptors (Lipinski definition) is 4.